The smallest absolute Gasteiger partial charge is 0.145 e. The molecule has 0 aromatic carbocycles. The van der Waals surface area contributed by atoms with Gasteiger partial charge in [0, 0.05) is 17.4 Å². The molecule has 3 nitrogen and oxygen atoms in total. The molecule has 0 spiro atoms. The second-order valence-electron chi connectivity index (χ2n) is 16.5. The van der Waals surface area contributed by atoms with E-state index in [0.717, 1.165) is 12.2 Å². The van der Waals surface area contributed by atoms with Gasteiger partial charge in [-0.05, 0) is 97.2 Å². The summed E-state index contributed by atoms with van der Waals surface area (Å²) in [5.41, 5.74) is 2.31. The van der Waals surface area contributed by atoms with Crippen molar-refractivity contribution in [2.75, 3.05) is 0 Å². The minimum atomic E-state index is -0.0641. The lowest BCUT2D eigenvalue weighted by Crippen LogP contribution is -2.60. The van der Waals surface area contributed by atoms with Crippen molar-refractivity contribution in [3.63, 3.8) is 0 Å². The second-order valence-corrected chi connectivity index (χ2v) is 16.5. The molecule has 1 heterocycles. The summed E-state index contributed by atoms with van der Waals surface area (Å²) in [7, 11) is 0. The van der Waals surface area contributed by atoms with E-state index in [1.807, 2.05) is 13.1 Å². The van der Waals surface area contributed by atoms with Crippen molar-refractivity contribution in [1.29, 1.82) is 0 Å². The number of aromatic nitrogens is 1. The average molecular weight is 528 g/mol. The van der Waals surface area contributed by atoms with Gasteiger partial charge in [-0.2, -0.15) is 0 Å². The van der Waals surface area contributed by atoms with Crippen LogP contribution < -0.4 is 0 Å². The highest BCUT2D eigenvalue weighted by Gasteiger charge is 2.63. The summed E-state index contributed by atoms with van der Waals surface area (Å²) in [6, 6.07) is 0. The van der Waals surface area contributed by atoms with Gasteiger partial charge in [-0.1, -0.05) is 94.2 Å². The van der Waals surface area contributed by atoms with Gasteiger partial charge < -0.3 is 9.32 Å². The van der Waals surface area contributed by atoms with E-state index >= 15 is 0 Å². The number of carbonyl (C=O) groups excluding carboxylic acids is 1. The molecule has 0 amide bonds. The highest BCUT2D eigenvalue weighted by Crippen LogP contribution is 2.68. The Morgan fingerprint density at radius 3 is 2.21 bits per heavy atom. The third kappa shape index (κ3) is 5.69. The zero-order valence-corrected chi connectivity index (χ0v) is 27.3. The van der Waals surface area contributed by atoms with Crippen LogP contribution in [-0.4, -0.2) is 10.9 Å². The van der Waals surface area contributed by atoms with E-state index in [2.05, 4.69) is 81.3 Å². The third-order valence-electron chi connectivity index (χ3n) is 12.6. The van der Waals surface area contributed by atoms with E-state index < -0.39 is 0 Å². The molecule has 1 saturated carbocycles. The molecule has 2 aliphatic carbocycles. The van der Waals surface area contributed by atoms with Crippen molar-refractivity contribution in [3.05, 3.63) is 17.5 Å². The number of fused-ring (bicyclic) bond motifs is 2. The molecule has 1 fully saturated rings. The maximum Gasteiger partial charge on any atom is 0.145 e. The van der Waals surface area contributed by atoms with Crippen LogP contribution in [0.3, 0.4) is 0 Å². The molecular formula is C35H61NO2. The molecule has 0 aliphatic heterocycles. The van der Waals surface area contributed by atoms with Gasteiger partial charge in [0.15, 0.2) is 0 Å². The normalized spacial score (nSPS) is 30.8. The zero-order chi connectivity index (χ0) is 28.8. The lowest BCUT2D eigenvalue weighted by molar-refractivity contribution is -0.155. The van der Waals surface area contributed by atoms with Crippen molar-refractivity contribution in [3.8, 4) is 0 Å². The van der Waals surface area contributed by atoms with Crippen molar-refractivity contribution >= 4 is 5.78 Å². The predicted molar refractivity (Wildman–Crippen MR) is 160 cm³/mol. The number of Topliss-reactive ketones (excluding diaryl/α,β-unsaturated/α-hetero) is 1. The fourth-order valence-corrected chi connectivity index (χ4v) is 9.21. The Bertz CT molecular complexity index is 970. The molecule has 1 aromatic rings. The van der Waals surface area contributed by atoms with Crippen LogP contribution in [-0.2, 0) is 16.6 Å². The van der Waals surface area contributed by atoms with Gasteiger partial charge in [-0.3, -0.25) is 0 Å². The number of rotatable bonds is 12. The summed E-state index contributed by atoms with van der Waals surface area (Å²) < 4.78 is 5.83. The summed E-state index contributed by atoms with van der Waals surface area (Å²) in [6.07, 6.45) is 14.9. The van der Waals surface area contributed by atoms with E-state index in [9.17, 15) is 4.79 Å². The minimum Gasteiger partial charge on any atom is -0.361 e. The molecule has 0 bridgehead atoms. The molecule has 0 saturated heterocycles. The molecular weight excluding hydrogens is 466 g/mol. The first kappa shape index (κ1) is 31.4. The monoisotopic (exact) mass is 527 g/mol. The molecule has 218 valence electrons. The van der Waals surface area contributed by atoms with Gasteiger partial charge in [0.25, 0.3) is 0 Å². The lowest BCUT2D eigenvalue weighted by atomic mass is 9.39. The van der Waals surface area contributed by atoms with Gasteiger partial charge >= 0.3 is 0 Å². The first-order chi connectivity index (χ1) is 17.4. The minimum absolute atomic E-state index is 0.0518. The van der Waals surface area contributed by atoms with Crippen LogP contribution in [0.2, 0.25) is 0 Å². The fraction of sp³-hybridized carbons (Fsp3) is 0.886. The number of carbonyl (C=O) groups is 1. The van der Waals surface area contributed by atoms with E-state index in [-0.39, 0.29) is 21.7 Å². The molecule has 5 atom stereocenters. The Morgan fingerprint density at radius 2 is 1.63 bits per heavy atom. The van der Waals surface area contributed by atoms with Crippen LogP contribution in [0.1, 0.15) is 159 Å². The average Bonchev–Trinajstić information content (AvgIpc) is 3.28. The van der Waals surface area contributed by atoms with Crippen LogP contribution in [0, 0.1) is 38.9 Å². The zero-order valence-electron chi connectivity index (χ0n) is 27.3. The van der Waals surface area contributed by atoms with Crippen molar-refractivity contribution in [2.24, 2.45) is 38.9 Å². The van der Waals surface area contributed by atoms with E-state index in [4.69, 9.17) is 4.52 Å². The quantitative estimate of drug-likeness (QED) is 0.271. The van der Waals surface area contributed by atoms with Crippen LogP contribution >= 0.6 is 0 Å². The van der Waals surface area contributed by atoms with Crippen LogP contribution in [0.5, 0.6) is 0 Å². The first-order valence-corrected chi connectivity index (χ1v) is 15.8. The second kappa shape index (κ2) is 10.7. The van der Waals surface area contributed by atoms with Crippen LogP contribution in [0.25, 0.3) is 0 Å². The predicted octanol–water partition coefficient (Wildman–Crippen LogP) is 10.4. The Hall–Kier alpha value is -1.12. The molecule has 0 N–H and O–H groups in total. The first-order valence-electron chi connectivity index (χ1n) is 15.8. The summed E-state index contributed by atoms with van der Waals surface area (Å²) >= 11 is 0. The standard InChI is InChI=1S/C35H61NO2/c1-13-16-30(4,5)18-20-33(10,14-2)21-19-31(6,7)35(12)17-15-27-32(8,9)29-26(24-36-38-29)23-34(27,11)28(35)22-25(3)37/h24,27-28H,13-23H2,1-12H3/t27-,28?,33-,34-,35+/m0/s1. The van der Waals surface area contributed by atoms with Gasteiger partial charge in [0.1, 0.15) is 11.5 Å². The number of ketones is 1. The van der Waals surface area contributed by atoms with Crippen molar-refractivity contribution < 1.29 is 9.32 Å². The summed E-state index contributed by atoms with van der Waals surface area (Å²) in [6.45, 7) is 28.8. The Morgan fingerprint density at radius 1 is 1.00 bits per heavy atom. The molecule has 3 rings (SSSR count). The molecule has 0 radical (unpaired) electrons. The topological polar surface area (TPSA) is 43.1 Å². The molecule has 38 heavy (non-hydrogen) atoms. The van der Waals surface area contributed by atoms with Crippen molar-refractivity contribution in [2.45, 2.75) is 159 Å². The maximum atomic E-state index is 12.9. The van der Waals surface area contributed by atoms with Gasteiger partial charge in [-0.15, -0.1) is 0 Å². The lowest BCUT2D eigenvalue weighted by Gasteiger charge is -2.65. The molecule has 3 heteroatoms. The number of nitrogens with zero attached hydrogens (tertiary/aromatic N) is 1. The van der Waals surface area contributed by atoms with E-state index in [0.29, 0.717) is 34.9 Å². The Kier molecular flexibility index (Phi) is 8.84. The fourth-order valence-electron chi connectivity index (χ4n) is 9.21. The molecule has 1 unspecified atom stereocenters. The van der Waals surface area contributed by atoms with Gasteiger partial charge in [0.2, 0.25) is 0 Å². The summed E-state index contributed by atoms with van der Waals surface area (Å²) in [5, 5.41) is 4.23. The number of hydrogen-bond acceptors (Lipinski definition) is 3. The molecule has 2 aliphatic rings. The Labute approximate surface area is 235 Å². The highest BCUT2D eigenvalue weighted by molar-refractivity contribution is 5.76. The van der Waals surface area contributed by atoms with Gasteiger partial charge in [0.05, 0.1) is 6.20 Å². The van der Waals surface area contributed by atoms with Crippen molar-refractivity contribution in [1.82, 2.24) is 5.16 Å². The number of hydrogen-bond donors (Lipinski definition) is 0. The van der Waals surface area contributed by atoms with Crippen LogP contribution in [0.4, 0.5) is 0 Å². The summed E-state index contributed by atoms with van der Waals surface area (Å²) in [5.74, 6) is 2.25. The van der Waals surface area contributed by atoms with E-state index in [1.165, 1.54) is 63.4 Å². The Balaban J connectivity index is 1.90. The van der Waals surface area contributed by atoms with E-state index in [1.54, 1.807) is 0 Å². The third-order valence-corrected chi connectivity index (χ3v) is 12.6. The molecule has 1 aromatic heterocycles. The highest BCUT2D eigenvalue weighted by atomic mass is 16.5. The summed E-state index contributed by atoms with van der Waals surface area (Å²) in [4.78, 5) is 12.9. The largest absolute Gasteiger partial charge is 0.361 e. The van der Waals surface area contributed by atoms with Gasteiger partial charge in [-0.25, -0.2) is 0 Å². The maximum absolute atomic E-state index is 12.9. The SMILES string of the molecule is CCCC(C)(C)CC[C@](C)(CC)CCC(C)(C)[C@]1(C)CC[C@H]2C(C)(C)c3oncc3C[C@]2(C)C1CC(C)=O. The van der Waals surface area contributed by atoms with Crippen LogP contribution in [0.15, 0.2) is 10.7 Å².